The quantitative estimate of drug-likeness (QED) is 0.670. The summed E-state index contributed by atoms with van der Waals surface area (Å²) in [6.45, 7) is 5.59. The molecule has 0 aliphatic carbocycles. The number of hydrogen-bond donors (Lipinski definition) is 3. The van der Waals surface area contributed by atoms with Gasteiger partial charge in [-0.25, -0.2) is 4.98 Å². The summed E-state index contributed by atoms with van der Waals surface area (Å²) in [5, 5.41) is 18.7. The van der Waals surface area contributed by atoms with Gasteiger partial charge in [0.1, 0.15) is 6.04 Å². The number of carboxylic acids is 1. The summed E-state index contributed by atoms with van der Waals surface area (Å²) < 4.78 is 1.98. The van der Waals surface area contributed by atoms with E-state index in [2.05, 4.69) is 15.4 Å². The lowest BCUT2D eigenvalue weighted by Gasteiger charge is -2.05. The first-order valence-electron chi connectivity index (χ1n) is 6.66. The van der Waals surface area contributed by atoms with Crippen molar-refractivity contribution < 1.29 is 9.90 Å². The van der Waals surface area contributed by atoms with Crippen molar-refractivity contribution in [3.63, 3.8) is 0 Å². The third-order valence-electron chi connectivity index (χ3n) is 3.03. The van der Waals surface area contributed by atoms with Crippen molar-refractivity contribution in [2.45, 2.75) is 32.9 Å². The molecule has 0 aliphatic rings. The molecule has 0 bridgehead atoms. The maximum absolute atomic E-state index is 10.8. The summed E-state index contributed by atoms with van der Waals surface area (Å²) in [7, 11) is 0. The fourth-order valence-corrected chi connectivity index (χ4v) is 2.74. The number of nitrogens with zero attached hydrogens (tertiary/aromatic N) is 3. The molecule has 0 spiro atoms. The lowest BCUT2D eigenvalue weighted by Crippen LogP contribution is -2.21. The molecule has 21 heavy (non-hydrogen) atoms. The highest BCUT2D eigenvalue weighted by molar-refractivity contribution is 7.13. The van der Waals surface area contributed by atoms with Gasteiger partial charge in [0.05, 0.1) is 11.4 Å². The lowest BCUT2D eigenvalue weighted by atomic mass is 10.2. The normalized spacial score (nSPS) is 12.3. The second-order valence-corrected chi connectivity index (χ2v) is 5.68. The van der Waals surface area contributed by atoms with Crippen LogP contribution in [-0.4, -0.2) is 32.4 Å². The Morgan fingerprint density at radius 3 is 2.95 bits per heavy atom. The molecule has 0 fully saturated rings. The van der Waals surface area contributed by atoms with E-state index in [9.17, 15) is 4.79 Å². The minimum atomic E-state index is -1.07. The zero-order valence-corrected chi connectivity index (χ0v) is 12.9. The van der Waals surface area contributed by atoms with Gasteiger partial charge in [0.15, 0.2) is 5.13 Å². The van der Waals surface area contributed by atoms with E-state index in [4.69, 9.17) is 10.8 Å². The van der Waals surface area contributed by atoms with Gasteiger partial charge in [-0.15, -0.1) is 11.3 Å². The number of aromatic nitrogens is 3. The Bertz CT molecular complexity index is 622. The van der Waals surface area contributed by atoms with E-state index in [1.165, 1.54) is 11.3 Å². The van der Waals surface area contributed by atoms with Gasteiger partial charge in [-0.05, 0) is 26.3 Å². The molecule has 1 atom stereocenters. The number of nitrogens with one attached hydrogen (secondary N) is 1. The van der Waals surface area contributed by atoms with E-state index in [1.54, 1.807) is 5.38 Å². The molecule has 0 aliphatic heterocycles. The molecule has 0 radical (unpaired) electrons. The Labute approximate surface area is 126 Å². The van der Waals surface area contributed by atoms with Gasteiger partial charge in [0.2, 0.25) is 0 Å². The minimum Gasteiger partial charge on any atom is -0.480 e. The van der Waals surface area contributed by atoms with E-state index < -0.39 is 12.0 Å². The smallest absolute Gasteiger partial charge is 0.326 e. The van der Waals surface area contributed by atoms with Crippen LogP contribution in [0.4, 0.5) is 5.13 Å². The average molecular weight is 309 g/mol. The van der Waals surface area contributed by atoms with Gasteiger partial charge in [-0.1, -0.05) is 0 Å². The van der Waals surface area contributed by atoms with Crippen LogP contribution in [0.1, 0.15) is 29.5 Å². The highest BCUT2D eigenvalue weighted by Crippen LogP contribution is 2.19. The van der Waals surface area contributed by atoms with Crippen molar-refractivity contribution in [2.24, 2.45) is 5.73 Å². The zero-order chi connectivity index (χ0) is 15.4. The molecule has 7 nitrogen and oxygen atoms in total. The van der Waals surface area contributed by atoms with E-state index in [0.717, 1.165) is 30.9 Å². The summed E-state index contributed by atoms with van der Waals surface area (Å²) in [6.07, 6.45) is 0.905. The Morgan fingerprint density at radius 2 is 2.33 bits per heavy atom. The van der Waals surface area contributed by atoms with Crippen LogP contribution in [0.15, 0.2) is 11.4 Å². The predicted molar refractivity (Wildman–Crippen MR) is 81.5 cm³/mol. The number of rotatable bonds is 7. The molecular weight excluding hydrogens is 290 g/mol. The van der Waals surface area contributed by atoms with E-state index in [1.807, 2.05) is 24.6 Å². The molecule has 0 aromatic carbocycles. The van der Waals surface area contributed by atoms with E-state index >= 15 is 0 Å². The number of aliphatic carboxylic acids is 1. The minimum absolute atomic E-state index is 0.383. The Balaban J connectivity index is 1.79. The highest BCUT2D eigenvalue weighted by atomic mass is 32.1. The summed E-state index contributed by atoms with van der Waals surface area (Å²) in [4.78, 5) is 14.9. The van der Waals surface area contributed by atoms with Crippen LogP contribution in [0.5, 0.6) is 0 Å². The summed E-state index contributed by atoms with van der Waals surface area (Å²) in [5.74, 6) is -1.07. The largest absolute Gasteiger partial charge is 0.480 e. The van der Waals surface area contributed by atoms with Crippen molar-refractivity contribution in [1.29, 1.82) is 0 Å². The molecule has 2 aromatic heterocycles. The van der Waals surface area contributed by atoms with Gasteiger partial charge in [0, 0.05) is 24.2 Å². The molecule has 8 heteroatoms. The molecule has 4 N–H and O–H groups in total. The first-order chi connectivity index (χ1) is 9.97. The zero-order valence-electron chi connectivity index (χ0n) is 12.0. The number of aryl methyl sites for hydroxylation is 3. The molecule has 1 unspecified atom stereocenters. The maximum atomic E-state index is 10.8. The van der Waals surface area contributed by atoms with Crippen LogP contribution in [-0.2, 0) is 11.3 Å². The molecular formula is C13H19N5O2S. The van der Waals surface area contributed by atoms with Crippen LogP contribution in [0.25, 0.3) is 0 Å². The van der Waals surface area contributed by atoms with Crippen LogP contribution in [0, 0.1) is 13.8 Å². The molecule has 2 heterocycles. The Hall–Kier alpha value is -1.93. The van der Waals surface area contributed by atoms with E-state index in [-0.39, 0.29) is 0 Å². The molecule has 0 amide bonds. The topological polar surface area (TPSA) is 106 Å². The Kier molecular flexibility index (Phi) is 4.92. The van der Waals surface area contributed by atoms with Gasteiger partial charge in [-0.2, -0.15) is 5.10 Å². The van der Waals surface area contributed by atoms with Crippen LogP contribution in [0.3, 0.4) is 0 Å². The first kappa shape index (κ1) is 15.5. The monoisotopic (exact) mass is 309 g/mol. The van der Waals surface area contributed by atoms with Crippen molar-refractivity contribution in [2.75, 3.05) is 11.9 Å². The van der Waals surface area contributed by atoms with Gasteiger partial charge in [0.25, 0.3) is 0 Å². The third kappa shape index (κ3) is 4.02. The fourth-order valence-electron chi connectivity index (χ4n) is 1.96. The number of thiazole rings is 1. The highest BCUT2D eigenvalue weighted by Gasteiger charge is 2.17. The van der Waals surface area contributed by atoms with Crippen LogP contribution in [0.2, 0.25) is 0 Å². The van der Waals surface area contributed by atoms with Gasteiger partial charge >= 0.3 is 5.97 Å². The third-order valence-corrected chi connectivity index (χ3v) is 3.85. The second kappa shape index (κ2) is 6.68. The summed E-state index contributed by atoms with van der Waals surface area (Å²) in [6, 6.07) is 0.986. The van der Waals surface area contributed by atoms with Crippen LogP contribution < -0.4 is 11.1 Å². The maximum Gasteiger partial charge on any atom is 0.326 e. The second-order valence-electron chi connectivity index (χ2n) is 4.82. The number of carbonyl (C=O) groups is 1. The molecule has 114 valence electrons. The molecule has 2 rings (SSSR count). The average Bonchev–Trinajstić information content (AvgIpc) is 3.01. The van der Waals surface area contributed by atoms with Crippen molar-refractivity contribution >= 4 is 22.4 Å². The van der Waals surface area contributed by atoms with E-state index in [0.29, 0.717) is 10.8 Å². The van der Waals surface area contributed by atoms with Crippen molar-refractivity contribution in [3.8, 4) is 0 Å². The fraction of sp³-hybridized carbons (Fsp3) is 0.462. The van der Waals surface area contributed by atoms with Crippen molar-refractivity contribution in [1.82, 2.24) is 14.8 Å². The standard InChI is InChI=1S/C13H19N5O2S/c1-8-6-9(2)18(17-8)5-3-4-15-13-16-10(7-21-13)11(14)12(19)20/h6-7,11H,3-5,14H2,1-2H3,(H,15,16)(H,19,20). The first-order valence-corrected chi connectivity index (χ1v) is 7.54. The summed E-state index contributed by atoms with van der Waals surface area (Å²) in [5.41, 5.74) is 8.06. The molecule has 0 saturated carbocycles. The number of anilines is 1. The van der Waals surface area contributed by atoms with Gasteiger partial charge < -0.3 is 16.2 Å². The van der Waals surface area contributed by atoms with Gasteiger partial charge in [-0.3, -0.25) is 9.48 Å². The molecule has 0 saturated heterocycles. The molecule has 2 aromatic rings. The number of hydrogen-bond acceptors (Lipinski definition) is 6. The lowest BCUT2D eigenvalue weighted by molar-refractivity contribution is -0.138. The predicted octanol–water partition coefficient (Wildman–Crippen LogP) is 1.54. The number of carboxylic acid groups (broad SMARTS) is 1. The van der Waals surface area contributed by atoms with Crippen LogP contribution >= 0.6 is 11.3 Å². The Morgan fingerprint density at radius 1 is 1.57 bits per heavy atom. The van der Waals surface area contributed by atoms with Crippen molar-refractivity contribution in [3.05, 3.63) is 28.5 Å². The SMILES string of the molecule is Cc1cc(C)n(CCCNc2nc(C(N)C(=O)O)cs2)n1. The summed E-state index contributed by atoms with van der Waals surface area (Å²) >= 11 is 1.36. The number of nitrogens with two attached hydrogens (primary N) is 1.